The molecule has 1 heterocycles. The van der Waals surface area contributed by atoms with E-state index in [1.807, 2.05) is 0 Å². The van der Waals surface area contributed by atoms with Crippen LogP contribution in [0.3, 0.4) is 0 Å². The van der Waals surface area contributed by atoms with Crippen LogP contribution in [0.4, 0.5) is 0 Å². The van der Waals surface area contributed by atoms with Gasteiger partial charge in [-0.25, -0.2) is 4.98 Å². The first kappa shape index (κ1) is 11.4. The number of H-pyrrole nitrogens is 1. The summed E-state index contributed by atoms with van der Waals surface area (Å²) in [7, 11) is 0. The van der Waals surface area contributed by atoms with Crippen LogP contribution in [0.1, 0.15) is 36.7 Å². The molecule has 94 valence electrons. The molecule has 0 aliphatic heterocycles. The highest BCUT2D eigenvalue weighted by Crippen LogP contribution is 2.53. The van der Waals surface area contributed by atoms with Crippen molar-refractivity contribution in [2.45, 2.75) is 25.3 Å². The number of nitrogens with zero attached hydrogens (tertiary/aromatic N) is 2. The van der Waals surface area contributed by atoms with Crippen molar-refractivity contribution in [2.24, 2.45) is 5.92 Å². The summed E-state index contributed by atoms with van der Waals surface area (Å²) >= 11 is 0. The Labute approximate surface area is 107 Å². The van der Waals surface area contributed by atoms with Crippen molar-refractivity contribution in [3.63, 3.8) is 0 Å². The number of aromatic amines is 1. The van der Waals surface area contributed by atoms with Crippen LogP contribution in [-0.4, -0.2) is 21.7 Å². The van der Waals surface area contributed by atoms with Gasteiger partial charge in [-0.1, -0.05) is 37.3 Å². The Balaban J connectivity index is 1.75. The van der Waals surface area contributed by atoms with Crippen molar-refractivity contribution in [2.75, 3.05) is 6.54 Å². The fourth-order valence-electron chi connectivity index (χ4n) is 2.70. The molecule has 18 heavy (non-hydrogen) atoms. The zero-order chi connectivity index (χ0) is 12.4. The molecule has 1 aromatic carbocycles. The maximum Gasteiger partial charge on any atom is 0.141 e. The SMILES string of the molecule is CCNC(c1ncn[nH]1)C1CC1c1ccccc1. The summed E-state index contributed by atoms with van der Waals surface area (Å²) in [5.41, 5.74) is 1.44. The van der Waals surface area contributed by atoms with E-state index in [4.69, 9.17) is 0 Å². The number of hydrogen-bond acceptors (Lipinski definition) is 3. The highest BCUT2D eigenvalue weighted by atomic mass is 15.2. The number of hydrogen-bond donors (Lipinski definition) is 2. The molecule has 3 unspecified atom stereocenters. The molecule has 1 aliphatic rings. The molecule has 4 nitrogen and oxygen atoms in total. The average molecular weight is 242 g/mol. The van der Waals surface area contributed by atoms with Gasteiger partial charge in [-0.2, -0.15) is 5.10 Å². The first-order chi connectivity index (χ1) is 8.90. The molecule has 3 atom stereocenters. The lowest BCUT2D eigenvalue weighted by atomic mass is 10.0. The molecule has 2 aromatic rings. The van der Waals surface area contributed by atoms with E-state index in [2.05, 4.69) is 57.8 Å². The highest BCUT2D eigenvalue weighted by molar-refractivity contribution is 5.27. The van der Waals surface area contributed by atoms with Crippen LogP contribution in [0.5, 0.6) is 0 Å². The van der Waals surface area contributed by atoms with E-state index in [0.717, 1.165) is 12.4 Å². The van der Waals surface area contributed by atoms with Gasteiger partial charge in [0.05, 0.1) is 6.04 Å². The molecule has 4 heteroatoms. The number of benzene rings is 1. The van der Waals surface area contributed by atoms with Crippen molar-refractivity contribution < 1.29 is 0 Å². The largest absolute Gasteiger partial charge is 0.307 e. The van der Waals surface area contributed by atoms with E-state index >= 15 is 0 Å². The van der Waals surface area contributed by atoms with Gasteiger partial charge in [0.1, 0.15) is 12.2 Å². The van der Waals surface area contributed by atoms with Crippen LogP contribution in [0.25, 0.3) is 0 Å². The van der Waals surface area contributed by atoms with Crippen molar-refractivity contribution >= 4 is 0 Å². The molecule has 2 N–H and O–H groups in total. The number of nitrogens with one attached hydrogen (secondary N) is 2. The third-order valence-corrected chi connectivity index (χ3v) is 3.65. The molecule has 0 bridgehead atoms. The summed E-state index contributed by atoms with van der Waals surface area (Å²) < 4.78 is 0. The van der Waals surface area contributed by atoms with Gasteiger partial charge in [0.2, 0.25) is 0 Å². The highest BCUT2D eigenvalue weighted by Gasteiger charge is 2.45. The molecule has 1 aliphatic carbocycles. The lowest BCUT2D eigenvalue weighted by molar-refractivity contribution is 0.465. The van der Waals surface area contributed by atoms with Gasteiger partial charge in [-0.05, 0) is 30.4 Å². The minimum atomic E-state index is 0.294. The maximum atomic E-state index is 4.30. The predicted molar refractivity (Wildman–Crippen MR) is 70.1 cm³/mol. The second kappa shape index (κ2) is 4.90. The van der Waals surface area contributed by atoms with Gasteiger partial charge >= 0.3 is 0 Å². The minimum Gasteiger partial charge on any atom is -0.307 e. The van der Waals surface area contributed by atoms with Crippen LogP contribution >= 0.6 is 0 Å². The molecule has 0 amide bonds. The topological polar surface area (TPSA) is 53.6 Å². The third-order valence-electron chi connectivity index (χ3n) is 3.65. The Morgan fingerprint density at radius 2 is 2.22 bits per heavy atom. The second-order valence-electron chi connectivity index (χ2n) is 4.82. The van der Waals surface area contributed by atoms with Crippen molar-refractivity contribution in [1.82, 2.24) is 20.5 Å². The van der Waals surface area contributed by atoms with Gasteiger partial charge in [0.25, 0.3) is 0 Å². The fraction of sp³-hybridized carbons (Fsp3) is 0.429. The predicted octanol–water partition coefficient (Wildman–Crippen LogP) is 2.26. The van der Waals surface area contributed by atoms with Crippen molar-refractivity contribution in [3.05, 3.63) is 48.0 Å². The van der Waals surface area contributed by atoms with Crippen molar-refractivity contribution in [3.8, 4) is 0 Å². The van der Waals surface area contributed by atoms with E-state index in [0.29, 0.717) is 17.9 Å². The normalized spacial score (nSPS) is 23.8. The summed E-state index contributed by atoms with van der Waals surface area (Å²) in [5.74, 6) is 2.24. The summed E-state index contributed by atoms with van der Waals surface area (Å²) in [6.45, 7) is 3.08. The van der Waals surface area contributed by atoms with Crippen LogP contribution in [0.2, 0.25) is 0 Å². The van der Waals surface area contributed by atoms with E-state index < -0.39 is 0 Å². The molecule has 3 rings (SSSR count). The Morgan fingerprint density at radius 3 is 2.89 bits per heavy atom. The first-order valence-electron chi connectivity index (χ1n) is 6.53. The van der Waals surface area contributed by atoms with Gasteiger partial charge in [-0.3, -0.25) is 5.10 Å². The number of rotatable bonds is 5. The second-order valence-corrected chi connectivity index (χ2v) is 4.82. The summed E-state index contributed by atoms with van der Waals surface area (Å²) in [6, 6.07) is 11.0. The van der Waals surface area contributed by atoms with Crippen LogP contribution < -0.4 is 5.32 Å². The minimum absolute atomic E-state index is 0.294. The lowest BCUT2D eigenvalue weighted by Gasteiger charge is -2.15. The third kappa shape index (κ3) is 2.16. The molecule has 0 radical (unpaired) electrons. The average Bonchev–Trinajstić information content (AvgIpc) is 3.02. The Hall–Kier alpha value is -1.68. The summed E-state index contributed by atoms with van der Waals surface area (Å²) in [4.78, 5) is 4.30. The first-order valence-corrected chi connectivity index (χ1v) is 6.53. The molecule has 0 saturated heterocycles. The Bertz CT molecular complexity index is 480. The number of aromatic nitrogens is 3. The summed E-state index contributed by atoms with van der Waals surface area (Å²) in [5, 5.41) is 10.5. The molecular formula is C14H18N4. The zero-order valence-electron chi connectivity index (χ0n) is 10.5. The fourth-order valence-corrected chi connectivity index (χ4v) is 2.70. The molecule has 1 fully saturated rings. The van der Waals surface area contributed by atoms with Crippen molar-refractivity contribution in [1.29, 1.82) is 0 Å². The van der Waals surface area contributed by atoms with E-state index in [1.165, 1.54) is 12.0 Å². The van der Waals surface area contributed by atoms with Gasteiger partial charge in [-0.15, -0.1) is 0 Å². The van der Waals surface area contributed by atoms with Gasteiger partial charge < -0.3 is 5.32 Å². The quantitative estimate of drug-likeness (QED) is 0.845. The Morgan fingerprint density at radius 1 is 1.39 bits per heavy atom. The van der Waals surface area contributed by atoms with E-state index in [-0.39, 0.29) is 0 Å². The lowest BCUT2D eigenvalue weighted by Crippen LogP contribution is -2.24. The summed E-state index contributed by atoms with van der Waals surface area (Å²) in [6.07, 6.45) is 2.81. The standard InChI is InChI=1S/C14H18N4/c1-2-15-13(14-16-9-17-18-14)12-8-11(12)10-6-4-3-5-7-10/h3-7,9,11-13,15H,2,8H2,1H3,(H,16,17,18). The monoisotopic (exact) mass is 242 g/mol. The zero-order valence-corrected chi connectivity index (χ0v) is 10.5. The smallest absolute Gasteiger partial charge is 0.141 e. The molecule has 1 aromatic heterocycles. The molecular weight excluding hydrogens is 224 g/mol. The van der Waals surface area contributed by atoms with Gasteiger partial charge in [0.15, 0.2) is 0 Å². The van der Waals surface area contributed by atoms with Crippen LogP contribution in [0.15, 0.2) is 36.7 Å². The van der Waals surface area contributed by atoms with Crippen LogP contribution in [-0.2, 0) is 0 Å². The molecule has 1 saturated carbocycles. The van der Waals surface area contributed by atoms with E-state index in [1.54, 1.807) is 6.33 Å². The van der Waals surface area contributed by atoms with E-state index in [9.17, 15) is 0 Å². The van der Waals surface area contributed by atoms with Crippen LogP contribution in [0, 0.1) is 5.92 Å². The van der Waals surface area contributed by atoms with Gasteiger partial charge in [0, 0.05) is 0 Å². The maximum absolute atomic E-state index is 4.30. The molecule has 0 spiro atoms. The Kier molecular flexibility index (Phi) is 3.11.